The predicted octanol–water partition coefficient (Wildman–Crippen LogP) is 3.36. The molecule has 7 nitrogen and oxygen atoms in total. The largest absolute Gasteiger partial charge is 0.355 e. The van der Waals surface area contributed by atoms with Gasteiger partial charge in [0.2, 0.25) is 11.8 Å². The summed E-state index contributed by atoms with van der Waals surface area (Å²) < 4.78 is 1.97. The van der Waals surface area contributed by atoms with E-state index in [0.29, 0.717) is 30.2 Å². The van der Waals surface area contributed by atoms with Crippen molar-refractivity contribution in [2.45, 2.75) is 65.8 Å². The first kappa shape index (κ1) is 25.4. The normalized spacial score (nSPS) is 17.8. The van der Waals surface area contributed by atoms with E-state index in [4.69, 9.17) is 5.10 Å². The topological polar surface area (TPSA) is 79.3 Å². The number of carbonyl (C=O) groups excluding carboxylic acids is 2. The van der Waals surface area contributed by atoms with Gasteiger partial charge in [0, 0.05) is 30.9 Å². The number of para-hydroxylation sites is 1. The van der Waals surface area contributed by atoms with E-state index in [-0.39, 0.29) is 17.4 Å². The van der Waals surface area contributed by atoms with Gasteiger partial charge in [0.25, 0.3) is 0 Å². The summed E-state index contributed by atoms with van der Waals surface area (Å²) in [6.07, 6.45) is 3.49. The van der Waals surface area contributed by atoms with Crippen molar-refractivity contribution >= 4 is 11.8 Å². The van der Waals surface area contributed by atoms with E-state index in [1.54, 1.807) is 0 Å². The molecular formula is C28H41N5O2. The van der Waals surface area contributed by atoms with Gasteiger partial charge >= 0.3 is 0 Å². The number of likely N-dealkylation sites (tertiary alicyclic amines) is 1. The summed E-state index contributed by atoms with van der Waals surface area (Å²) in [6.45, 7) is 13.6. The van der Waals surface area contributed by atoms with Gasteiger partial charge in [0.05, 0.1) is 24.3 Å². The number of hydrogen-bond donors (Lipinski definition) is 2. The highest BCUT2D eigenvalue weighted by molar-refractivity contribution is 5.79. The molecule has 1 aliphatic heterocycles. The Morgan fingerprint density at radius 2 is 1.80 bits per heavy atom. The third-order valence-corrected chi connectivity index (χ3v) is 6.82. The maximum absolute atomic E-state index is 12.7. The highest BCUT2D eigenvalue weighted by Crippen LogP contribution is 2.51. The van der Waals surface area contributed by atoms with Crippen molar-refractivity contribution in [2.75, 3.05) is 26.2 Å². The molecule has 35 heavy (non-hydrogen) atoms. The molecule has 0 unspecified atom stereocenters. The van der Waals surface area contributed by atoms with Crippen LogP contribution in [0.3, 0.4) is 0 Å². The van der Waals surface area contributed by atoms with Gasteiger partial charge in [-0.05, 0) is 75.5 Å². The van der Waals surface area contributed by atoms with Gasteiger partial charge in [-0.3, -0.25) is 14.5 Å². The van der Waals surface area contributed by atoms with E-state index in [2.05, 4.69) is 35.4 Å². The van der Waals surface area contributed by atoms with Crippen molar-refractivity contribution in [1.82, 2.24) is 25.3 Å². The molecule has 7 heteroatoms. The van der Waals surface area contributed by atoms with Crippen molar-refractivity contribution in [1.29, 1.82) is 0 Å². The summed E-state index contributed by atoms with van der Waals surface area (Å²) in [5.41, 5.74) is 3.16. The number of carbonyl (C=O) groups is 2. The third kappa shape index (κ3) is 6.72. The van der Waals surface area contributed by atoms with Gasteiger partial charge in [-0.1, -0.05) is 32.0 Å². The molecule has 1 saturated heterocycles. The Morgan fingerprint density at radius 1 is 1.11 bits per heavy atom. The van der Waals surface area contributed by atoms with Crippen LogP contribution >= 0.6 is 0 Å². The van der Waals surface area contributed by atoms with Gasteiger partial charge < -0.3 is 10.6 Å². The molecule has 2 fully saturated rings. The number of hydrogen-bond acceptors (Lipinski definition) is 4. The molecule has 1 saturated carbocycles. The zero-order chi connectivity index (χ0) is 25.2. The van der Waals surface area contributed by atoms with Crippen LogP contribution in [0.5, 0.6) is 0 Å². The summed E-state index contributed by atoms with van der Waals surface area (Å²) in [5.74, 6) is 1.18. The summed E-state index contributed by atoms with van der Waals surface area (Å²) in [7, 11) is 0. The molecule has 2 amide bonds. The monoisotopic (exact) mass is 479 g/mol. The second kappa shape index (κ2) is 10.1. The fourth-order valence-electron chi connectivity index (χ4n) is 5.65. The van der Waals surface area contributed by atoms with E-state index < -0.39 is 0 Å². The number of rotatable bonds is 9. The predicted molar refractivity (Wildman–Crippen MR) is 138 cm³/mol. The molecule has 1 aliphatic carbocycles. The number of aromatic nitrogens is 2. The van der Waals surface area contributed by atoms with Crippen molar-refractivity contribution in [3.05, 3.63) is 47.8 Å². The Hall–Kier alpha value is -2.67. The summed E-state index contributed by atoms with van der Waals surface area (Å²) in [5, 5.41) is 10.9. The molecule has 1 spiro atoms. The lowest BCUT2D eigenvalue weighted by molar-refractivity contribution is -0.134. The Labute approximate surface area is 209 Å². The Kier molecular flexibility index (Phi) is 7.36. The second-order valence-corrected chi connectivity index (χ2v) is 12.2. The Bertz CT molecular complexity index is 1020. The molecule has 2 aromatic rings. The lowest BCUT2D eigenvalue weighted by Gasteiger charge is -2.59. The molecule has 0 radical (unpaired) electrons. The van der Waals surface area contributed by atoms with Crippen LogP contribution in [0.15, 0.2) is 36.4 Å². The zero-order valence-corrected chi connectivity index (χ0v) is 21.9. The fourth-order valence-corrected chi connectivity index (χ4v) is 5.65. The molecule has 1 aromatic heterocycles. The van der Waals surface area contributed by atoms with Crippen molar-refractivity contribution in [3.63, 3.8) is 0 Å². The van der Waals surface area contributed by atoms with Crippen LogP contribution in [0.25, 0.3) is 5.69 Å². The van der Waals surface area contributed by atoms with Gasteiger partial charge in [0.15, 0.2) is 0 Å². The van der Waals surface area contributed by atoms with E-state index in [1.807, 2.05) is 55.8 Å². The van der Waals surface area contributed by atoms with Crippen molar-refractivity contribution < 1.29 is 9.59 Å². The molecule has 0 atom stereocenters. The van der Waals surface area contributed by atoms with Crippen LogP contribution in [0.2, 0.25) is 0 Å². The lowest BCUT2D eigenvalue weighted by atomic mass is 9.57. The summed E-state index contributed by atoms with van der Waals surface area (Å²) in [6, 6.07) is 12.2. The molecule has 0 bridgehead atoms. The standard InChI is InChI=1S/C28H41N5O2/c1-20(2)11-24-12-22(31-33(24)23-9-7-6-8-10-23)13-25(34)29-16-21-14-28(15-21)18-32(19-28)17-26(35)30-27(3,4)5/h6-10,12,20-21H,11,13-19H2,1-5H3,(H,29,34)(H,30,35). The molecule has 2 aliphatic rings. The highest BCUT2D eigenvalue weighted by atomic mass is 16.2. The van der Waals surface area contributed by atoms with Crippen LogP contribution in [-0.2, 0) is 22.4 Å². The molecule has 2 N–H and O–H groups in total. The molecule has 2 heterocycles. The van der Waals surface area contributed by atoms with E-state index in [9.17, 15) is 9.59 Å². The highest BCUT2D eigenvalue weighted by Gasteiger charge is 2.52. The maximum Gasteiger partial charge on any atom is 0.234 e. The molecule has 190 valence electrons. The molecular weight excluding hydrogens is 438 g/mol. The second-order valence-electron chi connectivity index (χ2n) is 12.2. The first-order valence-electron chi connectivity index (χ1n) is 12.9. The van der Waals surface area contributed by atoms with E-state index in [0.717, 1.165) is 56.0 Å². The van der Waals surface area contributed by atoms with Crippen LogP contribution in [0, 0.1) is 17.3 Å². The fraction of sp³-hybridized carbons (Fsp3) is 0.607. The Morgan fingerprint density at radius 3 is 2.43 bits per heavy atom. The van der Waals surface area contributed by atoms with Crippen LogP contribution in [-0.4, -0.2) is 58.2 Å². The van der Waals surface area contributed by atoms with Gasteiger partial charge in [-0.15, -0.1) is 0 Å². The minimum atomic E-state index is -0.185. The number of nitrogens with zero attached hydrogens (tertiary/aromatic N) is 3. The third-order valence-electron chi connectivity index (χ3n) is 6.82. The van der Waals surface area contributed by atoms with E-state index >= 15 is 0 Å². The Balaban J connectivity index is 1.21. The first-order valence-corrected chi connectivity index (χ1v) is 12.9. The average molecular weight is 480 g/mol. The lowest BCUT2D eigenvalue weighted by Crippen LogP contribution is -2.64. The van der Waals surface area contributed by atoms with E-state index in [1.165, 1.54) is 0 Å². The number of nitrogens with one attached hydrogen (secondary N) is 2. The minimum Gasteiger partial charge on any atom is -0.355 e. The quantitative estimate of drug-likeness (QED) is 0.578. The van der Waals surface area contributed by atoms with Gasteiger partial charge in [-0.2, -0.15) is 5.10 Å². The van der Waals surface area contributed by atoms with Crippen molar-refractivity contribution in [2.24, 2.45) is 17.3 Å². The van der Waals surface area contributed by atoms with Crippen molar-refractivity contribution in [3.8, 4) is 5.69 Å². The first-order chi connectivity index (χ1) is 16.5. The van der Waals surface area contributed by atoms with Gasteiger partial charge in [0.1, 0.15) is 0 Å². The summed E-state index contributed by atoms with van der Waals surface area (Å²) >= 11 is 0. The zero-order valence-electron chi connectivity index (χ0n) is 21.9. The average Bonchev–Trinajstić information content (AvgIpc) is 3.08. The van der Waals surface area contributed by atoms with Crippen LogP contribution in [0.4, 0.5) is 0 Å². The van der Waals surface area contributed by atoms with Crippen LogP contribution in [0.1, 0.15) is 58.8 Å². The van der Waals surface area contributed by atoms with Gasteiger partial charge in [-0.25, -0.2) is 4.68 Å². The minimum absolute atomic E-state index is 0.0360. The van der Waals surface area contributed by atoms with Crippen LogP contribution < -0.4 is 10.6 Å². The molecule has 1 aromatic carbocycles. The number of benzene rings is 1. The summed E-state index contributed by atoms with van der Waals surface area (Å²) in [4.78, 5) is 27.0. The molecule has 4 rings (SSSR count). The maximum atomic E-state index is 12.7. The number of amides is 2. The SMILES string of the molecule is CC(C)Cc1cc(CC(=O)NCC2CC3(C2)CN(CC(=O)NC(C)(C)C)C3)nn1-c1ccccc1. The smallest absolute Gasteiger partial charge is 0.234 e.